The van der Waals surface area contributed by atoms with Crippen molar-refractivity contribution in [2.45, 2.75) is 13.3 Å². The first-order valence-corrected chi connectivity index (χ1v) is 6.09. The number of aromatic nitrogens is 2. The Morgan fingerprint density at radius 2 is 2.00 bits per heavy atom. The van der Waals surface area contributed by atoms with Crippen LogP contribution in [0.5, 0.6) is 11.6 Å². The summed E-state index contributed by atoms with van der Waals surface area (Å²) in [6.07, 6.45) is 2.13. The number of anilines is 1. The Labute approximate surface area is 115 Å². The Morgan fingerprint density at radius 1 is 1.30 bits per heavy atom. The van der Waals surface area contributed by atoms with E-state index in [9.17, 15) is 10.1 Å². The normalized spacial score (nSPS) is 10.1. The van der Waals surface area contributed by atoms with Gasteiger partial charge in [0.2, 0.25) is 5.82 Å². The quantitative estimate of drug-likeness (QED) is 0.666. The SMILES string of the molecule is CCc1ccc(Oc2ncnc(NC)c2[N+](=O)[O-])cc1. The summed E-state index contributed by atoms with van der Waals surface area (Å²) in [6, 6.07) is 7.32. The molecular weight excluding hydrogens is 260 g/mol. The minimum Gasteiger partial charge on any atom is -0.434 e. The second-order valence-corrected chi connectivity index (χ2v) is 3.98. The Hall–Kier alpha value is -2.70. The van der Waals surface area contributed by atoms with Gasteiger partial charge in [-0.15, -0.1) is 0 Å². The highest BCUT2D eigenvalue weighted by Gasteiger charge is 2.24. The van der Waals surface area contributed by atoms with Crippen molar-refractivity contribution in [1.29, 1.82) is 0 Å². The van der Waals surface area contributed by atoms with Gasteiger partial charge in [-0.2, -0.15) is 4.98 Å². The van der Waals surface area contributed by atoms with E-state index in [0.717, 1.165) is 12.0 Å². The zero-order valence-electron chi connectivity index (χ0n) is 11.2. The molecule has 7 nitrogen and oxygen atoms in total. The highest BCUT2D eigenvalue weighted by molar-refractivity contribution is 5.61. The molecule has 7 heteroatoms. The smallest absolute Gasteiger partial charge is 0.373 e. The number of benzene rings is 1. The highest BCUT2D eigenvalue weighted by atomic mass is 16.6. The molecule has 0 aliphatic heterocycles. The van der Waals surface area contributed by atoms with E-state index in [-0.39, 0.29) is 17.4 Å². The van der Waals surface area contributed by atoms with Gasteiger partial charge in [0.15, 0.2) is 0 Å². The zero-order chi connectivity index (χ0) is 14.5. The molecule has 0 spiro atoms. The van der Waals surface area contributed by atoms with Crippen molar-refractivity contribution in [2.24, 2.45) is 0 Å². The summed E-state index contributed by atoms with van der Waals surface area (Å²) in [5.41, 5.74) is 0.875. The number of hydrogen-bond donors (Lipinski definition) is 1. The molecule has 0 radical (unpaired) electrons. The summed E-state index contributed by atoms with van der Waals surface area (Å²) in [5, 5.41) is 13.7. The predicted molar refractivity (Wildman–Crippen MR) is 74.1 cm³/mol. The van der Waals surface area contributed by atoms with Gasteiger partial charge in [-0.3, -0.25) is 10.1 Å². The van der Waals surface area contributed by atoms with Crippen molar-refractivity contribution in [3.05, 3.63) is 46.3 Å². The van der Waals surface area contributed by atoms with Crippen molar-refractivity contribution in [1.82, 2.24) is 9.97 Å². The summed E-state index contributed by atoms with van der Waals surface area (Å²) in [5.74, 6) is 0.523. The molecule has 0 amide bonds. The number of nitrogens with one attached hydrogen (secondary N) is 1. The van der Waals surface area contributed by atoms with E-state index in [0.29, 0.717) is 5.75 Å². The minimum absolute atomic E-state index is 0.0846. The lowest BCUT2D eigenvalue weighted by atomic mass is 10.2. The molecule has 1 aromatic carbocycles. The van der Waals surface area contributed by atoms with Crippen molar-refractivity contribution < 1.29 is 9.66 Å². The van der Waals surface area contributed by atoms with Crippen molar-refractivity contribution in [3.63, 3.8) is 0 Å². The first-order chi connectivity index (χ1) is 9.65. The number of nitro groups is 1. The zero-order valence-corrected chi connectivity index (χ0v) is 11.2. The second kappa shape index (κ2) is 5.96. The summed E-state index contributed by atoms with van der Waals surface area (Å²) < 4.78 is 5.48. The van der Waals surface area contributed by atoms with Gasteiger partial charge in [0.1, 0.15) is 12.1 Å². The Morgan fingerprint density at radius 3 is 2.55 bits per heavy atom. The van der Waals surface area contributed by atoms with Crippen LogP contribution in [0.4, 0.5) is 11.5 Å². The van der Waals surface area contributed by atoms with Gasteiger partial charge >= 0.3 is 11.6 Å². The molecule has 0 saturated heterocycles. The van der Waals surface area contributed by atoms with E-state index in [1.165, 1.54) is 6.33 Å². The van der Waals surface area contributed by atoms with E-state index >= 15 is 0 Å². The monoisotopic (exact) mass is 274 g/mol. The summed E-state index contributed by atoms with van der Waals surface area (Å²) in [6.45, 7) is 2.05. The van der Waals surface area contributed by atoms with Crippen LogP contribution in [-0.2, 0) is 6.42 Å². The number of aryl methyl sites for hydroxylation is 1. The lowest BCUT2D eigenvalue weighted by molar-refractivity contribution is -0.385. The van der Waals surface area contributed by atoms with E-state index in [2.05, 4.69) is 15.3 Å². The highest BCUT2D eigenvalue weighted by Crippen LogP contribution is 2.33. The van der Waals surface area contributed by atoms with Gasteiger partial charge < -0.3 is 10.1 Å². The second-order valence-electron chi connectivity index (χ2n) is 3.98. The molecule has 1 heterocycles. The fourth-order valence-electron chi connectivity index (χ4n) is 1.69. The average molecular weight is 274 g/mol. The van der Waals surface area contributed by atoms with Crippen LogP contribution < -0.4 is 10.1 Å². The third-order valence-corrected chi connectivity index (χ3v) is 2.75. The van der Waals surface area contributed by atoms with Crippen LogP contribution in [0.3, 0.4) is 0 Å². The first kappa shape index (κ1) is 13.7. The number of nitrogens with zero attached hydrogens (tertiary/aromatic N) is 3. The largest absolute Gasteiger partial charge is 0.434 e. The number of hydrogen-bond acceptors (Lipinski definition) is 6. The van der Waals surface area contributed by atoms with Crippen LogP contribution in [0, 0.1) is 10.1 Å². The van der Waals surface area contributed by atoms with Crippen LogP contribution in [0.1, 0.15) is 12.5 Å². The van der Waals surface area contributed by atoms with Crippen molar-refractivity contribution >= 4 is 11.5 Å². The molecule has 0 unspecified atom stereocenters. The van der Waals surface area contributed by atoms with Gasteiger partial charge in [0, 0.05) is 7.05 Å². The van der Waals surface area contributed by atoms with Gasteiger partial charge in [0.05, 0.1) is 4.92 Å². The number of ether oxygens (including phenoxy) is 1. The lowest BCUT2D eigenvalue weighted by Crippen LogP contribution is -2.03. The van der Waals surface area contributed by atoms with Crippen molar-refractivity contribution in [3.8, 4) is 11.6 Å². The molecule has 0 atom stereocenters. The summed E-state index contributed by atoms with van der Waals surface area (Å²) in [4.78, 5) is 18.2. The standard InChI is InChI=1S/C13H14N4O3/c1-3-9-4-6-10(7-5-9)20-13-11(17(18)19)12(14-2)15-8-16-13/h4-8H,3H2,1-2H3,(H,14,15,16). The molecule has 2 rings (SSSR count). The Kier molecular flexibility index (Phi) is 4.09. The predicted octanol–water partition coefficient (Wildman–Crippen LogP) is 2.78. The van der Waals surface area contributed by atoms with E-state index in [4.69, 9.17) is 4.74 Å². The third-order valence-electron chi connectivity index (χ3n) is 2.75. The molecule has 0 aliphatic rings. The minimum atomic E-state index is -0.568. The summed E-state index contributed by atoms with van der Waals surface area (Å²) >= 11 is 0. The fraction of sp³-hybridized carbons (Fsp3) is 0.231. The molecule has 0 aliphatic carbocycles. The molecule has 1 N–H and O–H groups in total. The Balaban J connectivity index is 2.34. The van der Waals surface area contributed by atoms with Crippen LogP contribution in [0.15, 0.2) is 30.6 Å². The average Bonchev–Trinajstić information content (AvgIpc) is 2.47. The van der Waals surface area contributed by atoms with Gasteiger partial charge in [-0.25, -0.2) is 4.98 Å². The molecule has 0 bridgehead atoms. The maximum absolute atomic E-state index is 11.1. The molecule has 1 aromatic heterocycles. The molecule has 104 valence electrons. The molecule has 0 fully saturated rings. The molecule has 2 aromatic rings. The Bertz CT molecular complexity index is 614. The number of rotatable bonds is 5. The van der Waals surface area contributed by atoms with E-state index < -0.39 is 4.92 Å². The summed E-state index contributed by atoms with van der Waals surface area (Å²) in [7, 11) is 1.55. The first-order valence-electron chi connectivity index (χ1n) is 6.09. The topological polar surface area (TPSA) is 90.2 Å². The van der Waals surface area contributed by atoms with Crippen molar-refractivity contribution in [2.75, 3.05) is 12.4 Å². The van der Waals surface area contributed by atoms with Crippen LogP contribution in [0.25, 0.3) is 0 Å². The van der Waals surface area contributed by atoms with E-state index in [1.54, 1.807) is 19.2 Å². The fourth-order valence-corrected chi connectivity index (χ4v) is 1.69. The molecular formula is C13H14N4O3. The molecule has 0 saturated carbocycles. The van der Waals surface area contributed by atoms with Gasteiger partial charge in [0.25, 0.3) is 0 Å². The van der Waals surface area contributed by atoms with Gasteiger partial charge in [-0.05, 0) is 24.1 Å². The van der Waals surface area contributed by atoms with Gasteiger partial charge in [-0.1, -0.05) is 19.1 Å². The maximum Gasteiger partial charge on any atom is 0.373 e. The van der Waals surface area contributed by atoms with Crippen LogP contribution in [-0.4, -0.2) is 21.9 Å². The van der Waals surface area contributed by atoms with Crippen LogP contribution >= 0.6 is 0 Å². The van der Waals surface area contributed by atoms with E-state index in [1.807, 2.05) is 19.1 Å². The third kappa shape index (κ3) is 2.82. The lowest BCUT2D eigenvalue weighted by Gasteiger charge is -2.07. The maximum atomic E-state index is 11.1. The molecule has 20 heavy (non-hydrogen) atoms. The van der Waals surface area contributed by atoms with Crippen LogP contribution in [0.2, 0.25) is 0 Å².